The molecule has 1 N–H and O–H groups in total. The van der Waals surface area contributed by atoms with E-state index in [4.69, 9.17) is 0 Å². The van der Waals surface area contributed by atoms with E-state index in [1.807, 2.05) is 16.4 Å². The van der Waals surface area contributed by atoms with Crippen molar-refractivity contribution >= 4 is 11.8 Å². The maximum Gasteiger partial charge on any atom is 0.165 e. The molecule has 0 saturated heterocycles. The van der Waals surface area contributed by atoms with Crippen LogP contribution in [0.15, 0.2) is 0 Å². The third-order valence-electron chi connectivity index (χ3n) is 2.21. The summed E-state index contributed by atoms with van der Waals surface area (Å²) in [7, 11) is 0. The lowest BCUT2D eigenvalue weighted by atomic mass is 10.3. The number of tetrazole rings is 1. The lowest BCUT2D eigenvalue weighted by molar-refractivity contribution is 0.476. The van der Waals surface area contributed by atoms with Crippen molar-refractivity contribution < 1.29 is 0 Å². The van der Waals surface area contributed by atoms with Crippen LogP contribution >= 0.6 is 11.8 Å². The van der Waals surface area contributed by atoms with Gasteiger partial charge in [0.25, 0.3) is 0 Å². The first kappa shape index (κ1) is 13.4. The maximum absolute atomic E-state index is 4.05. The van der Waals surface area contributed by atoms with Gasteiger partial charge in [-0.1, -0.05) is 20.8 Å². The van der Waals surface area contributed by atoms with Gasteiger partial charge in [0.2, 0.25) is 0 Å². The van der Waals surface area contributed by atoms with Gasteiger partial charge in [-0.2, -0.15) is 11.8 Å². The van der Waals surface area contributed by atoms with Gasteiger partial charge in [-0.3, -0.25) is 0 Å². The topological polar surface area (TPSA) is 55.6 Å². The number of aromatic nitrogens is 4. The van der Waals surface area contributed by atoms with Crippen molar-refractivity contribution in [2.45, 2.75) is 46.3 Å². The summed E-state index contributed by atoms with van der Waals surface area (Å²) < 4.78 is 1.91. The Labute approximate surface area is 101 Å². The van der Waals surface area contributed by atoms with Gasteiger partial charge in [-0.05, 0) is 23.1 Å². The van der Waals surface area contributed by atoms with Crippen molar-refractivity contribution in [2.24, 2.45) is 0 Å². The summed E-state index contributed by atoms with van der Waals surface area (Å²) in [6, 6.07) is 0.800. The molecule has 0 aromatic carbocycles. The van der Waals surface area contributed by atoms with Crippen LogP contribution in [0, 0.1) is 0 Å². The molecular formula is C10H21N5S. The van der Waals surface area contributed by atoms with Crippen molar-refractivity contribution in [3.63, 3.8) is 0 Å². The van der Waals surface area contributed by atoms with Gasteiger partial charge >= 0.3 is 0 Å². The zero-order valence-corrected chi connectivity index (χ0v) is 11.3. The number of thioether (sulfide) groups is 1. The smallest absolute Gasteiger partial charge is 0.165 e. The van der Waals surface area contributed by atoms with E-state index in [1.54, 1.807) is 0 Å². The van der Waals surface area contributed by atoms with Gasteiger partial charge in [0, 0.05) is 11.8 Å². The third kappa shape index (κ3) is 4.09. The molecule has 0 aliphatic rings. The van der Waals surface area contributed by atoms with E-state index in [9.17, 15) is 0 Å². The molecule has 0 radical (unpaired) electrons. The van der Waals surface area contributed by atoms with Gasteiger partial charge in [-0.25, -0.2) is 4.68 Å². The molecule has 0 bridgehead atoms. The minimum absolute atomic E-state index is 0.351. The largest absolute Gasteiger partial charge is 0.308 e. The van der Waals surface area contributed by atoms with E-state index in [-0.39, 0.29) is 0 Å². The fourth-order valence-corrected chi connectivity index (χ4v) is 2.04. The summed E-state index contributed by atoms with van der Waals surface area (Å²) in [4.78, 5) is 0. The first-order valence-corrected chi connectivity index (χ1v) is 6.88. The fourth-order valence-electron chi connectivity index (χ4n) is 1.33. The standard InChI is InChI=1S/C10H21N5S/c1-5-16-7-9(4)15-10(12-13-14-15)6-11-8(2)3/h8-9,11H,5-7H2,1-4H3. The quantitative estimate of drug-likeness (QED) is 0.786. The van der Waals surface area contributed by atoms with Gasteiger partial charge in [0.1, 0.15) is 0 Å². The predicted octanol–water partition coefficient (Wildman–Crippen LogP) is 1.49. The molecule has 1 heterocycles. The van der Waals surface area contributed by atoms with E-state index in [0.717, 1.165) is 23.9 Å². The molecule has 1 unspecified atom stereocenters. The molecule has 5 nitrogen and oxygen atoms in total. The van der Waals surface area contributed by atoms with Crippen molar-refractivity contribution in [1.29, 1.82) is 0 Å². The lowest BCUT2D eigenvalue weighted by Gasteiger charge is -2.13. The highest BCUT2D eigenvalue weighted by Gasteiger charge is 2.12. The Hall–Kier alpha value is -0.620. The number of hydrogen-bond donors (Lipinski definition) is 1. The van der Waals surface area contributed by atoms with Crippen LogP contribution < -0.4 is 5.32 Å². The first-order valence-electron chi connectivity index (χ1n) is 5.73. The third-order valence-corrected chi connectivity index (χ3v) is 3.34. The Morgan fingerprint density at radius 2 is 2.12 bits per heavy atom. The summed E-state index contributed by atoms with van der Waals surface area (Å²) in [6.07, 6.45) is 0. The lowest BCUT2D eigenvalue weighted by Crippen LogP contribution is -2.25. The highest BCUT2D eigenvalue weighted by atomic mass is 32.2. The first-order chi connectivity index (χ1) is 7.65. The van der Waals surface area contributed by atoms with E-state index in [2.05, 4.69) is 48.5 Å². The fraction of sp³-hybridized carbons (Fsp3) is 0.900. The Morgan fingerprint density at radius 1 is 1.38 bits per heavy atom. The Morgan fingerprint density at radius 3 is 2.75 bits per heavy atom. The molecule has 0 saturated carbocycles. The molecule has 1 atom stereocenters. The summed E-state index contributed by atoms with van der Waals surface area (Å²) in [5.41, 5.74) is 0. The monoisotopic (exact) mass is 243 g/mol. The van der Waals surface area contributed by atoms with E-state index >= 15 is 0 Å². The molecule has 16 heavy (non-hydrogen) atoms. The number of rotatable bonds is 7. The predicted molar refractivity (Wildman–Crippen MR) is 67.5 cm³/mol. The van der Waals surface area contributed by atoms with Crippen LogP contribution in [-0.4, -0.2) is 37.8 Å². The number of nitrogens with one attached hydrogen (secondary N) is 1. The molecule has 0 fully saturated rings. The van der Waals surface area contributed by atoms with Crippen molar-refractivity contribution in [3.8, 4) is 0 Å². The van der Waals surface area contributed by atoms with Crippen LogP contribution in [0.4, 0.5) is 0 Å². The molecular weight excluding hydrogens is 222 g/mol. The second kappa shape index (κ2) is 6.85. The van der Waals surface area contributed by atoms with Gasteiger partial charge in [0.05, 0.1) is 12.6 Å². The minimum atomic E-state index is 0.351. The van der Waals surface area contributed by atoms with Crippen LogP contribution in [-0.2, 0) is 6.54 Å². The zero-order chi connectivity index (χ0) is 12.0. The second-order valence-electron chi connectivity index (χ2n) is 4.08. The average Bonchev–Trinajstić information content (AvgIpc) is 2.71. The normalized spacial score (nSPS) is 13.3. The van der Waals surface area contributed by atoms with Crippen molar-refractivity contribution in [3.05, 3.63) is 5.82 Å². The molecule has 1 rings (SSSR count). The average molecular weight is 243 g/mol. The van der Waals surface area contributed by atoms with E-state index < -0.39 is 0 Å². The van der Waals surface area contributed by atoms with Gasteiger partial charge in [-0.15, -0.1) is 5.10 Å². The van der Waals surface area contributed by atoms with E-state index in [0.29, 0.717) is 12.1 Å². The summed E-state index contributed by atoms with van der Waals surface area (Å²) in [6.45, 7) is 9.27. The SMILES string of the molecule is CCSCC(C)n1nnnc1CNC(C)C. The Bertz CT molecular complexity index is 299. The zero-order valence-electron chi connectivity index (χ0n) is 10.5. The van der Waals surface area contributed by atoms with E-state index in [1.165, 1.54) is 0 Å². The highest BCUT2D eigenvalue weighted by Crippen LogP contribution is 2.13. The highest BCUT2D eigenvalue weighted by molar-refractivity contribution is 7.99. The molecule has 1 aromatic rings. The summed E-state index contributed by atoms with van der Waals surface area (Å²) in [5.74, 6) is 3.10. The maximum atomic E-state index is 4.05. The van der Waals surface area contributed by atoms with Crippen LogP contribution in [0.3, 0.4) is 0 Å². The molecule has 0 spiro atoms. The molecule has 92 valence electrons. The molecule has 1 aromatic heterocycles. The van der Waals surface area contributed by atoms with Gasteiger partial charge < -0.3 is 5.32 Å². The molecule has 0 amide bonds. The number of nitrogens with zero attached hydrogens (tertiary/aromatic N) is 4. The molecule has 6 heteroatoms. The van der Waals surface area contributed by atoms with Crippen LogP contribution in [0.2, 0.25) is 0 Å². The van der Waals surface area contributed by atoms with Crippen LogP contribution in [0.25, 0.3) is 0 Å². The van der Waals surface area contributed by atoms with Crippen molar-refractivity contribution in [1.82, 2.24) is 25.5 Å². The minimum Gasteiger partial charge on any atom is -0.308 e. The van der Waals surface area contributed by atoms with Crippen LogP contribution in [0.1, 0.15) is 39.6 Å². The van der Waals surface area contributed by atoms with Crippen molar-refractivity contribution in [2.75, 3.05) is 11.5 Å². The molecule has 0 aliphatic heterocycles. The van der Waals surface area contributed by atoms with Crippen LogP contribution in [0.5, 0.6) is 0 Å². The number of hydrogen-bond acceptors (Lipinski definition) is 5. The Balaban J connectivity index is 2.55. The van der Waals surface area contributed by atoms with Gasteiger partial charge in [0.15, 0.2) is 5.82 Å². The Kier molecular flexibility index (Phi) is 5.76. The summed E-state index contributed by atoms with van der Waals surface area (Å²) >= 11 is 1.91. The summed E-state index contributed by atoms with van der Waals surface area (Å²) in [5, 5.41) is 15.2. The second-order valence-corrected chi connectivity index (χ2v) is 5.40. The molecule has 0 aliphatic carbocycles.